The zero-order valence-corrected chi connectivity index (χ0v) is 16.2. The van der Waals surface area contributed by atoms with Crippen molar-refractivity contribution in [3.8, 4) is 0 Å². The summed E-state index contributed by atoms with van der Waals surface area (Å²) in [5.74, 6) is -0.208. The number of carbonyl (C=O) groups is 1. The van der Waals surface area contributed by atoms with E-state index in [0.717, 1.165) is 12.8 Å². The summed E-state index contributed by atoms with van der Waals surface area (Å²) in [6, 6.07) is 7.86. The van der Waals surface area contributed by atoms with Gasteiger partial charge in [0.05, 0.1) is 11.7 Å². The molecule has 1 fully saturated rings. The Labute approximate surface area is 158 Å². The monoisotopic (exact) mass is 376 g/mol. The number of aromatic nitrogens is 3. The number of hydrogen-bond acceptors (Lipinski definition) is 4. The molecule has 1 N–H and O–H groups in total. The van der Waals surface area contributed by atoms with Crippen LogP contribution in [0.15, 0.2) is 30.5 Å². The fraction of sp³-hybridized carbons (Fsp3) is 0.526. The van der Waals surface area contributed by atoms with Crippen molar-refractivity contribution in [1.82, 2.24) is 20.3 Å². The minimum atomic E-state index is -0.212. The Morgan fingerprint density at radius 3 is 2.50 bits per heavy atom. The molecule has 140 valence electrons. The third-order valence-corrected chi connectivity index (χ3v) is 5.16. The summed E-state index contributed by atoms with van der Waals surface area (Å²) >= 11 is 6.03. The Morgan fingerprint density at radius 2 is 1.92 bits per heavy atom. The average molecular weight is 377 g/mol. The van der Waals surface area contributed by atoms with E-state index < -0.39 is 0 Å². The highest BCUT2D eigenvalue weighted by molar-refractivity contribution is 6.30. The van der Waals surface area contributed by atoms with Gasteiger partial charge in [0.1, 0.15) is 0 Å². The van der Waals surface area contributed by atoms with Gasteiger partial charge in [0.2, 0.25) is 0 Å². The summed E-state index contributed by atoms with van der Waals surface area (Å²) in [6.07, 6.45) is 3.39. The van der Waals surface area contributed by atoms with Crippen LogP contribution in [0.5, 0.6) is 0 Å². The maximum absolute atomic E-state index is 12.6. The van der Waals surface area contributed by atoms with Gasteiger partial charge in [-0.2, -0.15) is 0 Å². The van der Waals surface area contributed by atoms with Crippen LogP contribution >= 0.6 is 11.6 Å². The predicted molar refractivity (Wildman–Crippen MR) is 101 cm³/mol. The van der Waals surface area contributed by atoms with Gasteiger partial charge in [-0.3, -0.25) is 4.79 Å². The third-order valence-electron chi connectivity index (χ3n) is 4.91. The highest BCUT2D eigenvalue weighted by Crippen LogP contribution is 2.35. The number of hydrogen-bond donors (Lipinski definition) is 1. The van der Waals surface area contributed by atoms with E-state index >= 15 is 0 Å². The molecule has 7 heteroatoms. The van der Waals surface area contributed by atoms with Crippen LogP contribution in [0.1, 0.15) is 49.7 Å². The Morgan fingerprint density at radius 1 is 1.27 bits per heavy atom. The molecule has 0 bridgehead atoms. The minimum Gasteiger partial charge on any atom is -0.381 e. The van der Waals surface area contributed by atoms with Crippen molar-refractivity contribution in [2.75, 3.05) is 19.8 Å². The zero-order valence-electron chi connectivity index (χ0n) is 15.5. The Hall–Kier alpha value is -1.92. The van der Waals surface area contributed by atoms with Gasteiger partial charge in [-0.05, 0) is 51.3 Å². The summed E-state index contributed by atoms with van der Waals surface area (Å²) < 4.78 is 7.24. The molecule has 26 heavy (non-hydrogen) atoms. The lowest BCUT2D eigenvalue weighted by Gasteiger charge is -2.38. The SMILES string of the molecule is CC(C)(C)n1cc(C(=O)NCC2(c3ccc(Cl)cc3)CCOCC2)nn1. The maximum atomic E-state index is 12.6. The molecule has 0 radical (unpaired) electrons. The van der Waals surface area contributed by atoms with Crippen molar-refractivity contribution in [3.05, 3.63) is 46.7 Å². The van der Waals surface area contributed by atoms with Gasteiger partial charge in [-0.1, -0.05) is 28.9 Å². The van der Waals surface area contributed by atoms with Gasteiger partial charge in [-0.25, -0.2) is 4.68 Å². The van der Waals surface area contributed by atoms with E-state index in [0.29, 0.717) is 30.5 Å². The zero-order chi connectivity index (χ0) is 18.8. The van der Waals surface area contributed by atoms with E-state index in [9.17, 15) is 4.79 Å². The summed E-state index contributed by atoms with van der Waals surface area (Å²) in [6.45, 7) is 7.93. The minimum absolute atomic E-state index is 0.154. The first-order valence-corrected chi connectivity index (χ1v) is 9.23. The first kappa shape index (κ1) is 18.9. The number of nitrogens with zero attached hydrogens (tertiary/aromatic N) is 3. The molecule has 1 saturated heterocycles. The van der Waals surface area contributed by atoms with Crippen LogP contribution in [-0.2, 0) is 15.7 Å². The predicted octanol–water partition coefficient (Wildman–Crippen LogP) is 3.16. The molecule has 1 aromatic carbocycles. The number of carbonyl (C=O) groups excluding carboxylic acids is 1. The third kappa shape index (κ3) is 4.07. The highest BCUT2D eigenvalue weighted by Gasteiger charge is 2.35. The van der Waals surface area contributed by atoms with Crippen molar-refractivity contribution >= 4 is 17.5 Å². The highest BCUT2D eigenvalue weighted by atomic mass is 35.5. The molecular formula is C19H25ClN4O2. The summed E-state index contributed by atoms with van der Waals surface area (Å²) in [4.78, 5) is 12.6. The summed E-state index contributed by atoms with van der Waals surface area (Å²) in [7, 11) is 0. The van der Waals surface area contributed by atoms with E-state index in [1.807, 2.05) is 45.0 Å². The van der Waals surface area contributed by atoms with Crippen LogP contribution in [0.25, 0.3) is 0 Å². The van der Waals surface area contributed by atoms with E-state index in [-0.39, 0.29) is 16.9 Å². The van der Waals surface area contributed by atoms with E-state index in [4.69, 9.17) is 16.3 Å². The molecule has 2 heterocycles. The molecule has 6 nitrogen and oxygen atoms in total. The van der Waals surface area contributed by atoms with Crippen LogP contribution < -0.4 is 5.32 Å². The summed E-state index contributed by atoms with van der Waals surface area (Å²) in [5, 5.41) is 11.8. The van der Waals surface area contributed by atoms with Crippen LogP contribution in [0.2, 0.25) is 5.02 Å². The van der Waals surface area contributed by atoms with Gasteiger partial charge < -0.3 is 10.1 Å². The van der Waals surface area contributed by atoms with Gasteiger partial charge in [-0.15, -0.1) is 5.10 Å². The van der Waals surface area contributed by atoms with Crippen LogP contribution in [0.4, 0.5) is 0 Å². The van der Waals surface area contributed by atoms with E-state index in [2.05, 4.69) is 15.6 Å². The topological polar surface area (TPSA) is 69.0 Å². The maximum Gasteiger partial charge on any atom is 0.273 e. The Kier molecular flexibility index (Phi) is 5.34. The molecule has 0 aliphatic carbocycles. The Balaban J connectivity index is 1.74. The van der Waals surface area contributed by atoms with Crippen molar-refractivity contribution in [2.24, 2.45) is 0 Å². The van der Waals surface area contributed by atoms with Gasteiger partial charge in [0, 0.05) is 30.2 Å². The second-order valence-corrected chi connectivity index (χ2v) is 8.24. The molecule has 1 aliphatic heterocycles. The molecule has 3 rings (SSSR count). The lowest BCUT2D eigenvalue weighted by molar-refractivity contribution is 0.0486. The van der Waals surface area contributed by atoms with E-state index in [1.54, 1.807) is 10.9 Å². The molecule has 2 aromatic rings. The fourth-order valence-corrected chi connectivity index (χ4v) is 3.29. The quantitative estimate of drug-likeness (QED) is 0.889. The lowest BCUT2D eigenvalue weighted by Crippen LogP contribution is -2.44. The van der Waals surface area contributed by atoms with Gasteiger partial charge >= 0.3 is 0 Å². The normalized spacial score (nSPS) is 17.1. The molecule has 0 spiro atoms. The number of nitrogens with one attached hydrogen (secondary N) is 1. The van der Waals surface area contributed by atoms with Gasteiger partial charge in [0.25, 0.3) is 5.91 Å². The molecular weight excluding hydrogens is 352 g/mol. The second kappa shape index (κ2) is 7.37. The molecule has 1 aliphatic rings. The van der Waals surface area contributed by atoms with E-state index in [1.165, 1.54) is 5.56 Å². The number of amides is 1. The van der Waals surface area contributed by atoms with Crippen LogP contribution in [0, 0.1) is 0 Å². The molecule has 0 unspecified atom stereocenters. The smallest absolute Gasteiger partial charge is 0.273 e. The molecule has 0 atom stereocenters. The number of benzene rings is 1. The lowest BCUT2D eigenvalue weighted by atomic mass is 9.74. The first-order valence-electron chi connectivity index (χ1n) is 8.85. The van der Waals surface area contributed by atoms with Crippen molar-refractivity contribution < 1.29 is 9.53 Å². The number of ether oxygens (including phenoxy) is 1. The number of rotatable bonds is 4. The largest absolute Gasteiger partial charge is 0.381 e. The average Bonchev–Trinajstić information content (AvgIpc) is 3.12. The number of halogens is 1. The second-order valence-electron chi connectivity index (χ2n) is 7.80. The van der Waals surface area contributed by atoms with Crippen molar-refractivity contribution in [1.29, 1.82) is 0 Å². The van der Waals surface area contributed by atoms with Gasteiger partial charge in [0.15, 0.2) is 5.69 Å². The molecule has 1 aromatic heterocycles. The molecule has 0 saturated carbocycles. The summed E-state index contributed by atoms with van der Waals surface area (Å²) in [5.41, 5.74) is 1.14. The van der Waals surface area contributed by atoms with Crippen LogP contribution in [-0.4, -0.2) is 40.7 Å². The molecule has 1 amide bonds. The first-order chi connectivity index (χ1) is 12.3. The Bertz CT molecular complexity index is 759. The van der Waals surface area contributed by atoms with Crippen LogP contribution in [0.3, 0.4) is 0 Å². The standard InChI is InChI=1S/C19H25ClN4O2/c1-18(2,3)24-12-16(22-23-24)17(25)21-13-19(8-10-26-11-9-19)14-4-6-15(20)7-5-14/h4-7,12H,8-11,13H2,1-3H3,(H,21,25). The fourth-order valence-electron chi connectivity index (χ4n) is 3.17. The van der Waals surface area contributed by atoms with Crippen molar-refractivity contribution in [3.63, 3.8) is 0 Å². The van der Waals surface area contributed by atoms with Crippen molar-refractivity contribution in [2.45, 2.75) is 44.6 Å².